The number of rotatable bonds is 5. The van der Waals surface area contributed by atoms with E-state index < -0.39 is 0 Å². The Balaban J connectivity index is 1.21. The summed E-state index contributed by atoms with van der Waals surface area (Å²) in [5.41, 5.74) is 5.44. The van der Waals surface area contributed by atoms with Crippen LogP contribution in [0.15, 0.2) is 36.8 Å². The molecule has 5 aromatic heterocycles. The number of pyridine rings is 3. The Morgan fingerprint density at radius 1 is 1.00 bits per heavy atom. The van der Waals surface area contributed by atoms with Gasteiger partial charge in [-0.15, -0.1) is 0 Å². The zero-order chi connectivity index (χ0) is 29.5. The van der Waals surface area contributed by atoms with Crippen LogP contribution in [-0.2, 0) is 11.8 Å². The van der Waals surface area contributed by atoms with E-state index in [-0.39, 0.29) is 6.10 Å². The van der Waals surface area contributed by atoms with Crippen molar-refractivity contribution in [3.05, 3.63) is 42.5 Å². The molecule has 3 atom stereocenters. The van der Waals surface area contributed by atoms with Crippen LogP contribution in [0, 0.1) is 6.92 Å². The van der Waals surface area contributed by atoms with Crippen LogP contribution in [0.1, 0.15) is 25.0 Å². The smallest absolute Gasteiger partial charge is 0.206 e. The van der Waals surface area contributed by atoms with Crippen molar-refractivity contribution in [1.29, 1.82) is 0 Å². The van der Waals surface area contributed by atoms with Gasteiger partial charge in [-0.25, -0.2) is 14.6 Å². The Hall–Kier alpha value is -4.29. The number of piperazine rings is 1. The lowest BCUT2D eigenvalue weighted by Crippen LogP contribution is -2.50. The fourth-order valence-electron chi connectivity index (χ4n) is 7.82. The molecule has 0 aromatic carbocycles. The lowest BCUT2D eigenvalue weighted by Gasteiger charge is -2.37. The summed E-state index contributed by atoms with van der Waals surface area (Å²) >= 11 is 0. The zero-order valence-electron chi connectivity index (χ0n) is 25.3. The Morgan fingerprint density at radius 3 is 2.77 bits per heavy atom. The van der Waals surface area contributed by atoms with Crippen LogP contribution in [-0.4, -0.2) is 104 Å². The predicted molar refractivity (Wildman–Crippen MR) is 168 cm³/mol. The molecule has 0 saturated carbocycles. The molecule has 12 heteroatoms. The van der Waals surface area contributed by atoms with Gasteiger partial charge in [-0.05, 0) is 44.9 Å². The first-order chi connectivity index (χ1) is 21.6. The van der Waals surface area contributed by atoms with Gasteiger partial charge in [0, 0.05) is 68.8 Å². The monoisotopic (exact) mass is 592 g/mol. The number of imidazole rings is 1. The molecule has 4 aliphatic rings. The van der Waals surface area contributed by atoms with Gasteiger partial charge in [0.2, 0.25) is 5.95 Å². The molecule has 226 valence electrons. The molecule has 0 aliphatic carbocycles. The highest BCUT2D eigenvalue weighted by Gasteiger charge is 2.41. The largest absolute Gasteiger partial charge is 0.496 e. The lowest BCUT2D eigenvalue weighted by atomic mass is 10.1. The minimum Gasteiger partial charge on any atom is -0.496 e. The third kappa shape index (κ3) is 3.93. The number of aromatic nitrogens is 7. The van der Waals surface area contributed by atoms with Gasteiger partial charge in [0.25, 0.3) is 0 Å². The van der Waals surface area contributed by atoms with Crippen LogP contribution in [0.4, 0.5) is 11.8 Å². The maximum atomic E-state index is 5.98. The average Bonchev–Trinajstić information content (AvgIpc) is 3.89. The first-order valence-corrected chi connectivity index (χ1v) is 15.6. The van der Waals surface area contributed by atoms with Crippen molar-refractivity contribution in [3.63, 3.8) is 0 Å². The van der Waals surface area contributed by atoms with Crippen LogP contribution in [0.2, 0.25) is 0 Å². The molecule has 2 bridgehead atoms. The van der Waals surface area contributed by atoms with Crippen molar-refractivity contribution in [2.75, 3.05) is 56.2 Å². The summed E-state index contributed by atoms with van der Waals surface area (Å²) in [4.78, 5) is 27.4. The van der Waals surface area contributed by atoms with Gasteiger partial charge in [-0.2, -0.15) is 5.10 Å². The molecule has 44 heavy (non-hydrogen) atoms. The van der Waals surface area contributed by atoms with Crippen molar-refractivity contribution < 1.29 is 9.47 Å². The van der Waals surface area contributed by atoms with E-state index in [4.69, 9.17) is 29.5 Å². The number of ether oxygens (including phenoxy) is 2. The summed E-state index contributed by atoms with van der Waals surface area (Å²) in [7, 11) is 3.81. The second-order valence-corrected chi connectivity index (χ2v) is 12.6. The van der Waals surface area contributed by atoms with Crippen LogP contribution in [0.3, 0.4) is 0 Å². The van der Waals surface area contributed by atoms with E-state index in [1.165, 1.54) is 19.4 Å². The number of morpholine rings is 1. The maximum absolute atomic E-state index is 5.98. The van der Waals surface area contributed by atoms with E-state index in [9.17, 15) is 0 Å². The molecule has 0 N–H and O–H groups in total. The van der Waals surface area contributed by atoms with Gasteiger partial charge in [0.1, 0.15) is 11.3 Å². The Morgan fingerprint density at radius 2 is 1.93 bits per heavy atom. The quantitative estimate of drug-likeness (QED) is 0.302. The molecular weight excluding hydrogens is 556 g/mol. The van der Waals surface area contributed by atoms with Crippen molar-refractivity contribution in [2.24, 2.45) is 7.05 Å². The molecule has 9 rings (SSSR count). The summed E-state index contributed by atoms with van der Waals surface area (Å²) in [5, 5.41) is 5.85. The van der Waals surface area contributed by atoms with Crippen LogP contribution >= 0.6 is 0 Å². The van der Waals surface area contributed by atoms with E-state index in [0.29, 0.717) is 12.1 Å². The summed E-state index contributed by atoms with van der Waals surface area (Å²) < 4.78 is 15.8. The highest BCUT2D eigenvalue weighted by atomic mass is 16.5. The Kier molecular flexibility index (Phi) is 5.86. The number of hydrogen-bond acceptors (Lipinski definition) is 10. The Bertz CT molecular complexity index is 1920. The molecule has 4 saturated heterocycles. The first kappa shape index (κ1) is 26.1. The minimum absolute atomic E-state index is 0.246. The van der Waals surface area contributed by atoms with Gasteiger partial charge in [0.05, 0.1) is 54.4 Å². The van der Waals surface area contributed by atoms with Crippen molar-refractivity contribution in [1.82, 2.24) is 39.2 Å². The molecule has 4 fully saturated rings. The standard InChI is InChI=1S/C32H36N10O2/c1-19-23-15-34-42(26(23)12-25(35-19)24-14-33-7-6-28(24)43-3)29-13-27-30(31(36-29)41-17-22-11-21(41)18-44-22)37-32(38(27)2)40-10-9-39-8-4-5-20(39)16-40/h6-7,12-15,20-22H,4-5,8-11,16-18H2,1-3H3. The maximum Gasteiger partial charge on any atom is 0.206 e. The molecular formula is C32H36N10O2. The van der Waals surface area contributed by atoms with E-state index in [1.54, 1.807) is 19.5 Å². The van der Waals surface area contributed by atoms with E-state index in [0.717, 1.165) is 101 Å². The summed E-state index contributed by atoms with van der Waals surface area (Å²) in [6.07, 6.45) is 9.24. The lowest BCUT2D eigenvalue weighted by molar-refractivity contribution is 0.0989. The SMILES string of the molecule is COc1ccncc1-c1cc2c(cnn2-c2cc3c(nc(N4CCN5CCCC5C4)n3C)c(N3CC4CC3CO4)n2)c(C)n1. The van der Waals surface area contributed by atoms with Gasteiger partial charge in [-0.3, -0.25) is 14.9 Å². The number of hydrogen-bond donors (Lipinski definition) is 0. The molecule has 5 aromatic rings. The second kappa shape index (κ2) is 9.86. The van der Waals surface area contributed by atoms with Crippen molar-refractivity contribution >= 4 is 33.7 Å². The fraction of sp³-hybridized carbons (Fsp3) is 0.469. The second-order valence-electron chi connectivity index (χ2n) is 12.6. The normalized spacial score (nSPS) is 23.4. The summed E-state index contributed by atoms with van der Waals surface area (Å²) in [6.45, 7) is 7.90. The fourth-order valence-corrected chi connectivity index (χ4v) is 7.82. The molecule has 4 aliphatic heterocycles. The summed E-state index contributed by atoms with van der Waals surface area (Å²) in [6, 6.07) is 6.97. The third-order valence-electron chi connectivity index (χ3n) is 10.1. The topological polar surface area (TPSA) is 102 Å². The van der Waals surface area contributed by atoms with E-state index in [2.05, 4.69) is 43.4 Å². The summed E-state index contributed by atoms with van der Waals surface area (Å²) in [5.74, 6) is 3.42. The van der Waals surface area contributed by atoms with Crippen LogP contribution in [0.5, 0.6) is 5.75 Å². The number of aryl methyl sites for hydroxylation is 2. The molecule has 9 heterocycles. The Labute approximate surface area is 255 Å². The first-order valence-electron chi connectivity index (χ1n) is 15.6. The molecule has 12 nitrogen and oxygen atoms in total. The predicted octanol–water partition coefficient (Wildman–Crippen LogP) is 3.34. The molecule has 0 spiro atoms. The third-order valence-corrected chi connectivity index (χ3v) is 10.1. The van der Waals surface area contributed by atoms with Gasteiger partial charge in [-0.1, -0.05) is 0 Å². The van der Waals surface area contributed by atoms with E-state index in [1.807, 2.05) is 23.9 Å². The number of nitrogens with zero attached hydrogens (tertiary/aromatic N) is 10. The molecule has 0 amide bonds. The van der Waals surface area contributed by atoms with Gasteiger partial charge >= 0.3 is 0 Å². The van der Waals surface area contributed by atoms with Gasteiger partial charge in [0.15, 0.2) is 11.6 Å². The number of fused-ring (bicyclic) bond motifs is 5. The average molecular weight is 593 g/mol. The number of methoxy groups -OCH3 is 1. The van der Waals surface area contributed by atoms with Crippen LogP contribution in [0.25, 0.3) is 39.0 Å². The molecule has 3 unspecified atom stereocenters. The highest BCUT2D eigenvalue weighted by molar-refractivity contribution is 5.92. The van der Waals surface area contributed by atoms with Gasteiger partial charge < -0.3 is 23.8 Å². The van der Waals surface area contributed by atoms with Crippen molar-refractivity contribution in [3.8, 4) is 22.8 Å². The zero-order valence-corrected chi connectivity index (χ0v) is 25.3. The van der Waals surface area contributed by atoms with Crippen LogP contribution < -0.4 is 14.5 Å². The van der Waals surface area contributed by atoms with Crippen molar-refractivity contribution in [2.45, 2.75) is 44.4 Å². The highest BCUT2D eigenvalue weighted by Crippen LogP contribution is 2.38. The number of anilines is 2. The van der Waals surface area contributed by atoms with E-state index >= 15 is 0 Å². The molecule has 0 radical (unpaired) electrons. The minimum atomic E-state index is 0.246.